The lowest BCUT2D eigenvalue weighted by Crippen LogP contribution is -2.52. The van der Waals surface area contributed by atoms with Crippen molar-refractivity contribution in [1.82, 2.24) is 9.80 Å². The molecular weight excluding hydrogens is 384 g/mol. The van der Waals surface area contributed by atoms with Gasteiger partial charge in [-0.3, -0.25) is 9.69 Å². The Morgan fingerprint density at radius 2 is 2.10 bits per heavy atom. The summed E-state index contributed by atoms with van der Waals surface area (Å²) in [6.45, 7) is 10.2. The summed E-state index contributed by atoms with van der Waals surface area (Å²) in [6.07, 6.45) is 7.07. The molecule has 0 spiro atoms. The number of rotatable bonds is 9. The number of ether oxygens (including phenoxy) is 3. The first kappa shape index (κ1) is 23.3. The van der Waals surface area contributed by atoms with Crippen LogP contribution < -0.4 is 0 Å². The summed E-state index contributed by atoms with van der Waals surface area (Å²) in [6, 6.07) is 0. The number of carbonyl (C=O) groups excluding carboxylic acids is 1. The fourth-order valence-electron chi connectivity index (χ4n) is 4.21. The summed E-state index contributed by atoms with van der Waals surface area (Å²) in [7, 11) is 0. The van der Waals surface area contributed by atoms with E-state index in [2.05, 4.69) is 24.8 Å². The summed E-state index contributed by atoms with van der Waals surface area (Å²) in [4.78, 5) is 17.6. The van der Waals surface area contributed by atoms with E-state index in [0.29, 0.717) is 45.4 Å². The van der Waals surface area contributed by atoms with Crippen LogP contribution in [0.1, 0.15) is 39.5 Å². The monoisotopic (exact) mass is 422 g/mol. The van der Waals surface area contributed by atoms with Gasteiger partial charge in [0.25, 0.3) is 5.91 Å². The zero-order chi connectivity index (χ0) is 21.3. The summed E-state index contributed by atoms with van der Waals surface area (Å²) in [5.41, 5.74) is 1.19. The molecule has 170 valence electrons. The normalized spacial score (nSPS) is 25.1. The maximum absolute atomic E-state index is 13.4. The van der Waals surface area contributed by atoms with Crippen molar-refractivity contribution in [2.45, 2.75) is 51.7 Å². The summed E-state index contributed by atoms with van der Waals surface area (Å²) in [5.74, 6) is 1.36. The average molecular weight is 423 g/mol. The molecule has 7 heteroatoms. The van der Waals surface area contributed by atoms with Crippen LogP contribution in [-0.2, 0) is 19.0 Å². The zero-order valence-electron chi connectivity index (χ0n) is 18.6. The number of amides is 1. The smallest absolute Gasteiger partial charge is 0.253 e. The van der Waals surface area contributed by atoms with Gasteiger partial charge in [-0.25, -0.2) is 0 Å². The molecule has 2 fully saturated rings. The average Bonchev–Trinajstić information content (AvgIpc) is 2.98. The predicted molar refractivity (Wildman–Crippen MR) is 115 cm³/mol. The molecule has 0 bridgehead atoms. The third-order valence-corrected chi connectivity index (χ3v) is 5.72. The van der Waals surface area contributed by atoms with E-state index >= 15 is 0 Å². The predicted octanol–water partition coefficient (Wildman–Crippen LogP) is 1.96. The molecule has 1 N–H and O–H groups in total. The summed E-state index contributed by atoms with van der Waals surface area (Å²) >= 11 is 0. The van der Waals surface area contributed by atoms with Gasteiger partial charge in [0.2, 0.25) is 0 Å². The van der Waals surface area contributed by atoms with Crippen molar-refractivity contribution in [3.05, 3.63) is 23.5 Å². The lowest BCUT2D eigenvalue weighted by atomic mass is 9.99. The molecule has 0 aromatic carbocycles. The van der Waals surface area contributed by atoms with Gasteiger partial charge in [-0.15, -0.1) is 0 Å². The number of morpholine rings is 1. The van der Waals surface area contributed by atoms with Crippen molar-refractivity contribution >= 4 is 5.91 Å². The molecule has 30 heavy (non-hydrogen) atoms. The Kier molecular flexibility index (Phi) is 9.18. The Morgan fingerprint density at radius 3 is 2.90 bits per heavy atom. The van der Waals surface area contributed by atoms with Gasteiger partial charge in [-0.05, 0) is 37.0 Å². The third kappa shape index (κ3) is 6.80. The van der Waals surface area contributed by atoms with E-state index in [9.17, 15) is 4.79 Å². The van der Waals surface area contributed by atoms with Crippen LogP contribution in [0.25, 0.3) is 0 Å². The number of hydrogen-bond donors (Lipinski definition) is 1. The summed E-state index contributed by atoms with van der Waals surface area (Å²) < 4.78 is 17.6. The van der Waals surface area contributed by atoms with Crippen LogP contribution >= 0.6 is 0 Å². The quantitative estimate of drug-likeness (QED) is 0.573. The molecular formula is C23H38N2O5. The van der Waals surface area contributed by atoms with Gasteiger partial charge in [0.1, 0.15) is 18.0 Å². The molecule has 0 radical (unpaired) electrons. The number of allylic oxidation sites excluding steroid dienone is 2. The number of fused-ring (bicyclic) bond motifs is 1. The van der Waals surface area contributed by atoms with E-state index in [1.165, 1.54) is 5.57 Å². The lowest BCUT2D eigenvalue weighted by molar-refractivity contribution is -0.149. The Morgan fingerprint density at radius 1 is 1.23 bits per heavy atom. The second-order valence-corrected chi connectivity index (χ2v) is 8.86. The van der Waals surface area contributed by atoms with Crippen LogP contribution in [0.4, 0.5) is 0 Å². The highest BCUT2D eigenvalue weighted by Crippen LogP contribution is 2.26. The van der Waals surface area contributed by atoms with Crippen LogP contribution in [0, 0.1) is 5.92 Å². The van der Waals surface area contributed by atoms with Crippen molar-refractivity contribution in [2.75, 3.05) is 59.2 Å². The van der Waals surface area contributed by atoms with E-state index in [4.69, 9.17) is 19.3 Å². The van der Waals surface area contributed by atoms with Gasteiger partial charge in [0.15, 0.2) is 0 Å². The maximum atomic E-state index is 13.4. The first-order chi connectivity index (χ1) is 14.6. The number of unbranched alkanes of at least 4 members (excludes halogenated alkanes) is 1. The first-order valence-electron chi connectivity index (χ1n) is 11.4. The highest BCUT2D eigenvalue weighted by Gasteiger charge is 2.32. The first-order valence-corrected chi connectivity index (χ1v) is 11.4. The van der Waals surface area contributed by atoms with Crippen molar-refractivity contribution in [3.8, 4) is 0 Å². The minimum atomic E-state index is -0.417. The maximum Gasteiger partial charge on any atom is 0.253 e. The topological polar surface area (TPSA) is 71.5 Å². The number of aliphatic hydroxyl groups excluding tert-OH is 1. The van der Waals surface area contributed by atoms with Crippen molar-refractivity contribution < 1.29 is 24.1 Å². The van der Waals surface area contributed by atoms with E-state index in [0.717, 1.165) is 44.5 Å². The third-order valence-electron chi connectivity index (χ3n) is 5.72. The van der Waals surface area contributed by atoms with Crippen LogP contribution in [0.15, 0.2) is 23.5 Å². The second-order valence-electron chi connectivity index (χ2n) is 8.86. The molecule has 2 heterocycles. The minimum Gasteiger partial charge on any atom is -0.495 e. The number of nitrogens with zero attached hydrogens (tertiary/aromatic N) is 2. The highest BCUT2D eigenvalue weighted by molar-refractivity contribution is 5.81. The molecule has 3 rings (SSSR count). The second kappa shape index (κ2) is 11.8. The SMILES string of the molecule is CC(C)CN(CC1=CC=C2OCCCOC2C1)C(=O)C1CN(CCCCO)CCO1. The molecule has 2 saturated heterocycles. The molecule has 0 aromatic heterocycles. The number of hydrogen-bond acceptors (Lipinski definition) is 6. The Labute approximate surface area is 180 Å². The Bertz CT molecular complexity index is 619. The molecule has 2 aliphatic heterocycles. The Balaban J connectivity index is 1.61. The molecule has 0 saturated carbocycles. The van der Waals surface area contributed by atoms with Gasteiger partial charge in [0, 0.05) is 45.6 Å². The van der Waals surface area contributed by atoms with Gasteiger partial charge < -0.3 is 24.2 Å². The van der Waals surface area contributed by atoms with E-state index in [1.807, 2.05) is 11.0 Å². The van der Waals surface area contributed by atoms with Crippen LogP contribution in [0.2, 0.25) is 0 Å². The number of carbonyl (C=O) groups is 1. The fourth-order valence-corrected chi connectivity index (χ4v) is 4.21. The van der Waals surface area contributed by atoms with Gasteiger partial charge >= 0.3 is 0 Å². The van der Waals surface area contributed by atoms with Crippen LogP contribution in [0.3, 0.4) is 0 Å². The minimum absolute atomic E-state index is 0.0311. The Hall–Kier alpha value is -1.41. The number of aliphatic hydroxyl groups is 1. The molecule has 2 unspecified atom stereocenters. The van der Waals surface area contributed by atoms with Gasteiger partial charge in [-0.2, -0.15) is 0 Å². The molecule has 7 nitrogen and oxygen atoms in total. The highest BCUT2D eigenvalue weighted by atomic mass is 16.5. The fraction of sp³-hybridized carbons (Fsp3) is 0.783. The van der Waals surface area contributed by atoms with Crippen molar-refractivity contribution in [3.63, 3.8) is 0 Å². The molecule has 1 amide bonds. The van der Waals surface area contributed by atoms with E-state index in [1.54, 1.807) is 0 Å². The van der Waals surface area contributed by atoms with Gasteiger partial charge in [0.05, 0.1) is 19.8 Å². The molecule has 2 atom stereocenters. The molecule has 0 aromatic rings. The largest absolute Gasteiger partial charge is 0.495 e. The van der Waals surface area contributed by atoms with Crippen molar-refractivity contribution in [1.29, 1.82) is 0 Å². The van der Waals surface area contributed by atoms with Gasteiger partial charge in [-0.1, -0.05) is 19.9 Å². The van der Waals surface area contributed by atoms with Crippen LogP contribution in [0.5, 0.6) is 0 Å². The van der Waals surface area contributed by atoms with Crippen LogP contribution in [-0.4, -0.2) is 92.2 Å². The lowest BCUT2D eigenvalue weighted by Gasteiger charge is -2.36. The molecule has 3 aliphatic rings. The van der Waals surface area contributed by atoms with Crippen molar-refractivity contribution in [2.24, 2.45) is 5.92 Å². The van der Waals surface area contributed by atoms with E-state index < -0.39 is 6.10 Å². The summed E-state index contributed by atoms with van der Waals surface area (Å²) in [5, 5.41) is 9.01. The standard InChI is InChI=1S/C23H38N2O5/c1-18(2)15-25(16-19-6-7-20-21(14-19)29-12-5-11-28-20)23(27)22-17-24(9-13-30-22)8-3-4-10-26/h6-7,18,21-22,26H,3-5,8-17H2,1-2H3. The molecule has 1 aliphatic carbocycles. The van der Waals surface area contributed by atoms with E-state index in [-0.39, 0.29) is 18.6 Å². The zero-order valence-corrected chi connectivity index (χ0v) is 18.6.